The molecule has 2 fully saturated rings. The number of hydrazone groups is 1. The van der Waals surface area contributed by atoms with Gasteiger partial charge in [0.2, 0.25) is 0 Å². The zero-order chi connectivity index (χ0) is 14.7. The van der Waals surface area contributed by atoms with E-state index in [-0.39, 0.29) is 6.10 Å². The molecule has 0 aromatic carbocycles. The summed E-state index contributed by atoms with van der Waals surface area (Å²) in [4.78, 5) is 0. The number of hydrogen-bond acceptors (Lipinski definition) is 4. The second kappa shape index (κ2) is 6.58. The van der Waals surface area contributed by atoms with Crippen LogP contribution >= 0.6 is 12.2 Å². The Bertz CT molecular complexity index is 523. The summed E-state index contributed by atoms with van der Waals surface area (Å²) in [6.07, 6.45) is 5.36. The first-order chi connectivity index (χ1) is 10.2. The van der Waals surface area contributed by atoms with Crippen LogP contribution in [0, 0.1) is 5.92 Å². The van der Waals surface area contributed by atoms with Gasteiger partial charge in [-0.05, 0) is 49.5 Å². The van der Waals surface area contributed by atoms with E-state index in [0.717, 1.165) is 43.4 Å². The molecule has 1 saturated heterocycles. The Morgan fingerprint density at radius 1 is 1.52 bits per heavy atom. The van der Waals surface area contributed by atoms with Crippen molar-refractivity contribution >= 4 is 23.5 Å². The maximum atomic E-state index is 5.73. The second-order valence-corrected chi connectivity index (χ2v) is 6.18. The molecule has 0 amide bonds. The van der Waals surface area contributed by atoms with Gasteiger partial charge in [0.05, 0.1) is 12.3 Å². The quantitative estimate of drug-likeness (QED) is 0.497. The molecule has 1 aromatic heterocycles. The van der Waals surface area contributed by atoms with Crippen molar-refractivity contribution in [2.24, 2.45) is 11.0 Å². The Morgan fingerprint density at radius 2 is 2.38 bits per heavy atom. The molecule has 5 nitrogen and oxygen atoms in total. The van der Waals surface area contributed by atoms with E-state index in [1.165, 1.54) is 6.42 Å². The predicted octanol–water partition coefficient (Wildman–Crippen LogP) is 2.38. The number of ether oxygens (including phenoxy) is 1. The molecular weight excluding hydrogens is 286 g/mol. The lowest BCUT2D eigenvalue weighted by molar-refractivity contribution is 0.114. The van der Waals surface area contributed by atoms with E-state index in [1.807, 2.05) is 12.1 Å². The standard InChI is InChI=1S/C15H21N3O2S/c1-10-7-13(10)14-5-4-12(20-14)9-17-18-15(21)16-8-11-3-2-6-19-11/h4-5,9-11,13H,2-3,6-8H2,1H3,(H2,16,18,21)/b17-9-/t10-,11-,13+/m0/s1. The first-order valence-electron chi connectivity index (χ1n) is 7.50. The molecule has 0 radical (unpaired) electrons. The van der Waals surface area contributed by atoms with Crippen molar-refractivity contribution in [3.8, 4) is 0 Å². The molecule has 3 atom stereocenters. The largest absolute Gasteiger partial charge is 0.460 e. The van der Waals surface area contributed by atoms with Crippen molar-refractivity contribution in [2.75, 3.05) is 13.2 Å². The molecule has 21 heavy (non-hydrogen) atoms. The Balaban J connectivity index is 1.39. The van der Waals surface area contributed by atoms with Gasteiger partial charge < -0.3 is 14.5 Å². The number of furan rings is 1. The van der Waals surface area contributed by atoms with E-state index in [0.29, 0.717) is 11.0 Å². The molecule has 114 valence electrons. The molecule has 2 N–H and O–H groups in total. The monoisotopic (exact) mass is 307 g/mol. The van der Waals surface area contributed by atoms with Crippen molar-refractivity contribution in [1.29, 1.82) is 0 Å². The van der Waals surface area contributed by atoms with Crippen LogP contribution < -0.4 is 10.7 Å². The molecule has 0 unspecified atom stereocenters. The number of thiocarbonyl (C=S) groups is 1. The molecule has 6 heteroatoms. The van der Waals surface area contributed by atoms with E-state index in [2.05, 4.69) is 22.8 Å². The van der Waals surface area contributed by atoms with Gasteiger partial charge in [-0.25, -0.2) is 0 Å². The molecule has 2 heterocycles. The Labute approximate surface area is 130 Å². The molecule has 1 saturated carbocycles. The van der Waals surface area contributed by atoms with Crippen molar-refractivity contribution in [3.63, 3.8) is 0 Å². The number of nitrogens with zero attached hydrogens (tertiary/aromatic N) is 1. The van der Waals surface area contributed by atoms with Crippen LogP contribution in [0.2, 0.25) is 0 Å². The van der Waals surface area contributed by atoms with Gasteiger partial charge >= 0.3 is 0 Å². The van der Waals surface area contributed by atoms with Crippen molar-refractivity contribution in [1.82, 2.24) is 10.7 Å². The third-order valence-corrected chi connectivity index (χ3v) is 4.23. The first kappa shape index (κ1) is 14.5. The highest BCUT2D eigenvalue weighted by atomic mass is 32.1. The molecule has 1 aromatic rings. The summed E-state index contributed by atoms with van der Waals surface area (Å²) in [7, 11) is 0. The molecule has 1 aliphatic carbocycles. The number of rotatable bonds is 5. The minimum absolute atomic E-state index is 0.266. The number of hydrogen-bond donors (Lipinski definition) is 2. The maximum Gasteiger partial charge on any atom is 0.187 e. The smallest absolute Gasteiger partial charge is 0.187 e. The van der Waals surface area contributed by atoms with E-state index >= 15 is 0 Å². The van der Waals surface area contributed by atoms with Crippen molar-refractivity contribution in [2.45, 2.75) is 38.2 Å². The van der Waals surface area contributed by atoms with Gasteiger partial charge in [0.15, 0.2) is 5.11 Å². The van der Waals surface area contributed by atoms with Crippen LogP contribution in [0.5, 0.6) is 0 Å². The second-order valence-electron chi connectivity index (χ2n) is 5.77. The molecule has 2 aliphatic rings. The van der Waals surface area contributed by atoms with E-state index in [4.69, 9.17) is 21.4 Å². The zero-order valence-electron chi connectivity index (χ0n) is 12.2. The topological polar surface area (TPSA) is 58.8 Å². The minimum atomic E-state index is 0.266. The lowest BCUT2D eigenvalue weighted by Crippen LogP contribution is -2.37. The average molecular weight is 307 g/mol. The van der Waals surface area contributed by atoms with Crippen molar-refractivity contribution in [3.05, 3.63) is 23.7 Å². The SMILES string of the molecule is C[C@H]1C[C@H]1c1ccc(/C=N\NC(=S)NC[C@@H]2CCCO2)o1. The van der Waals surface area contributed by atoms with Gasteiger partial charge in [-0.2, -0.15) is 5.10 Å². The van der Waals surface area contributed by atoms with Crippen LogP contribution in [-0.4, -0.2) is 30.6 Å². The molecule has 1 aliphatic heterocycles. The normalized spacial score (nSPS) is 28.0. The fraction of sp³-hybridized carbons (Fsp3) is 0.600. The van der Waals surface area contributed by atoms with Gasteiger partial charge in [-0.15, -0.1) is 0 Å². The highest BCUT2D eigenvalue weighted by Gasteiger charge is 2.36. The average Bonchev–Trinajstić information content (AvgIpc) is 2.90. The molecular formula is C15H21N3O2S. The summed E-state index contributed by atoms with van der Waals surface area (Å²) in [5.41, 5.74) is 2.79. The third-order valence-electron chi connectivity index (χ3n) is 3.99. The lowest BCUT2D eigenvalue weighted by atomic mass is 10.2. The van der Waals surface area contributed by atoms with Crippen LogP contribution in [0.25, 0.3) is 0 Å². The summed E-state index contributed by atoms with van der Waals surface area (Å²) in [5, 5.41) is 7.69. The third kappa shape index (κ3) is 4.04. The van der Waals surface area contributed by atoms with Gasteiger partial charge in [0, 0.05) is 19.1 Å². The Hall–Kier alpha value is -1.40. The van der Waals surface area contributed by atoms with E-state index in [1.54, 1.807) is 6.21 Å². The molecule has 3 rings (SSSR count). The zero-order valence-corrected chi connectivity index (χ0v) is 13.0. The van der Waals surface area contributed by atoms with E-state index < -0.39 is 0 Å². The highest BCUT2D eigenvalue weighted by molar-refractivity contribution is 7.80. The van der Waals surface area contributed by atoms with Gasteiger partial charge in [0.1, 0.15) is 11.5 Å². The molecule has 0 spiro atoms. The van der Waals surface area contributed by atoms with Gasteiger partial charge in [-0.1, -0.05) is 6.92 Å². The fourth-order valence-electron chi connectivity index (χ4n) is 2.56. The van der Waals surface area contributed by atoms with Crippen LogP contribution in [0.4, 0.5) is 0 Å². The number of nitrogens with one attached hydrogen (secondary N) is 2. The fourth-order valence-corrected chi connectivity index (χ4v) is 2.70. The summed E-state index contributed by atoms with van der Waals surface area (Å²) in [5.74, 6) is 3.14. The van der Waals surface area contributed by atoms with Gasteiger partial charge in [-0.3, -0.25) is 5.43 Å². The Morgan fingerprint density at radius 3 is 3.10 bits per heavy atom. The molecule has 0 bridgehead atoms. The minimum Gasteiger partial charge on any atom is -0.460 e. The first-order valence-corrected chi connectivity index (χ1v) is 7.91. The summed E-state index contributed by atoms with van der Waals surface area (Å²) in [6.45, 7) is 3.82. The van der Waals surface area contributed by atoms with Crippen LogP contribution in [0.15, 0.2) is 21.7 Å². The van der Waals surface area contributed by atoms with Crippen molar-refractivity contribution < 1.29 is 9.15 Å². The van der Waals surface area contributed by atoms with E-state index in [9.17, 15) is 0 Å². The Kier molecular flexibility index (Phi) is 4.55. The predicted molar refractivity (Wildman–Crippen MR) is 85.5 cm³/mol. The highest BCUT2D eigenvalue weighted by Crippen LogP contribution is 2.47. The van der Waals surface area contributed by atoms with Crippen LogP contribution in [-0.2, 0) is 4.74 Å². The summed E-state index contributed by atoms with van der Waals surface area (Å²) in [6, 6.07) is 3.97. The van der Waals surface area contributed by atoms with Gasteiger partial charge in [0.25, 0.3) is 0 Å². The maximum absolute atomic E-state index is 5.73. The van der Waals surface area contributed by atoms with Crippen LogP contribution in [0.3, 0.4) is 0 Å². The van der Waals surface area contributed by atoms with Crippen LogP contribution in [0.1, 0.15) is 43.6 Å². The summed E-state index contributed by atoms with van der Waals surface area (Å²) >= 11 is 5.15. The summed E-state index contributed by atoms with van der Waals surface area (Å²) < 4.78 is 11.2. The lowest BCUT2D eigenvalue weighted by Gasteiger charge is -2.11.